The van der Waals surface area contributed by atoms with Crippen molar-refractivity contribution in [3.63, 3.8) is 0 Å². The molecule has 6 nitrogen and oxygen atoms in total. The molecule has 0 spiro atoms. The van der Waals surface area contributed by atoms with Crippen LogP contribution in [-0.4, -0.2) is 36.3 Å². The molecule has 1 aliphatic rings. The van der Waals surface area contributed by atoms with Crippen LogP contribution in [0.5, 0.6) is 0 Å². The summed E-state index contributed by atoms with van der Waals surface area (Å²) in [6.45, 7) is 0.777. The lowest BCUT2D eigenvalue weighted by atomic mass is 9.90. The van der Waals surface area contributed by atoms with Crippen molar-refractivity contribution in [2.45, 2.75) is 18.6 Å². The Balaban J connectivity index is 1.83. The van der Waals surface area contributed by atoms with Crippen molar-refractivity contribution in [1.29, 1.82) is 0 Å². The van der Waals surface area contributed by atoms with Gasteiger partial charge < -0.3 is 10.2 Å². The summed E-state index contributed by atoms with van der Waals surface area (Å²) in [7, 11) is 1.50. The highest BCUT2D eigenvalue weighted by Crippen LogP contribution is 2.34. The molecule has 9 heteroatoms. The maximum absolute atomic E-state index is 13.0. The minimum absolute atomic E-state index is 0.0166. The molecule has 0 aliphatic carbocycles. The Bertz CT molecular complexity index is 962. The number of alkyl halides is 3. The molecule has 2 aromatic carbocycles. The van der Waals surface area contributed by atoms with E-state index in [4.69, 9.17) is 0 Å². The van der Waals surface area contributed by atoms with E-state index < -0.39 is 41.7 Å². The zero-order valence-electron chi connectivity index (χ0n) is 15.7. The van der Waals surface area contributed by atoms with Crippen LogP contribution in [0.15, 0.2) is 54.6 Å². The highest BCUT2D eigenvalue weighted by atomic mass is 19.4. The van der Waals surface area contributed by atoms with Crippen LogP contribution in [0.2, 0.25) is 0 Å². The number of carbonyl (C=O) groups is 3. The lowest BCUT2D eigenvalue weighted by Crippen LogP contribution is -2.43. The van der Waals surface area contributed by atoms with Crippen molar-refractivity contribution in [3.8, 4) is 0 Å². The lowest BCUT2D eigenvalue weighted by molar-refractivity contribution is -0.138. The van der Waals surface area contributed by atoms with Crippen LogP contribution in [0.3, 0.4) is 0 Å². The van der Waals surface area contributed by atoms with Gasteiger partial charge in [0, 0.05) is 12.7 Å². The number of nitrogens with one attached hydrogen (secondary N) is 1. The zero-order valence-corrected chi connectivity index (χ0v) is 15.7. The summed E-state index contributed by atoms with van der Waals surface area (Å²) >= 11 is 0. The van der Waals surface area contributed by atoms with E-state index in [-0.39, 0.29) is 5.56 Å². The van der Waals surface area contributed by atoms with Crippen molar-refractivity contribution in [2.75, 3.05) is 18.5 Å². The minimum atomic E-state index is -4.59. The molecule has 1 atom stereocenters. The summed E-state index contributed by atoms with van der Waals surface area (Å²) in [5.74, 6) is -1.32. The van der Waals surface area contributed by atoms with Gasteiger partial charge in [0.15, 0.2) is 0 Å². The first-order valence-corrected chi connectivity index (χ1v) is 8.67. The van der Waals surface area contributed by atoms with Gasteiger partial charge in [-0.05, 0) is 36.8 Å². The quantitative estimate of drug-likeness (QED) is 0.795. The third-order valence-corrected chi connectivity index (χ3v) is 4.85. The number of benzene rings is 2. The number of nitrogens with zero attached hydrogens (tertiary/aromatic N) is 2. The molecule has 1 N–H and O–H groups in total. The molecule has 1 fully saturated rings. The smallest absolute Gasteiger partial charge is 0.319 e. The number of carbonyl (C=O) groups excluding carboxylic acids is 3. The van der Waals surface area contributed by atoms with Gasteiger partial charge in [-0.25, -0.2) is 4.79 Å². The summed E-state index contributed by atoms with van der Waals surface area (Å²) in [5.41, 5.74) is -2.08. The molecular formula is C20H18F3N3O3. The van der Waals surface area contributed by atoms with E-state index in [2.05, 4.69) is 5.32 Å². The van der Waals surface area contributed by atoms with Crippen LogP contribution in [0.25, 0.3) is 0 Å². The summed E-state index contributed by atoms with van der Waals surface area (Å²) in [6, 6.07) is 12.0. The second kappa shape index (κ2) is 7.23. The molecule has 3 rings (SSSR count). The van der Waals surface area contributed by atoms with E-state index in [1.807, 2.05) is 0 Å². The average molecular weight is 405 g/mol. The van der Waals surface area contributed by atoms with Crippen molar-refractivity contribution >= 4 is 23.5 Å². The molecule has 0 unspecified atom stereocenters. The Hall–Kier alpha value is -3.36. The standard InChI is InChI=1S/C20H18F3N3O3/c1-19(13-7-6-8-14(11-13)20(21,22)23)17(28)26(18(29)24-19)12-16(27)25(2)15-9-4-3-5-10-15/h3-11H,12H2,1-2H3,(H,24,29)/t19-/m0/s1. The third-order valence-electron chi connectivity index (χ3n) is 4.85. The van der Waals surface area contributed by atoms with E-state index in [0.29, 0.717) is 10.6 Å². The fraction of sp³-hybridized carbons (Fsp3) is 0.250. The van der Waals surface area contributed by atoms with Gasteiger partial charge in [-0.15, -0.1) is 0 Å². The van der Waals surface area contributed by atoms with Crippen LogP contribution in [0, 0.1) is 0 Å². The molecule has 152 valence electrons. The summed E-state index contributed by atoms with van der Waals surface area (Å²) < 4.78 is 39.1. The molecule has 0 aromatic heterocycles. The van der Waals surface area contributed by atoms with Crippen molar-refractivity contribution in [2.24, 2.45) is 0 Å². The topological polar surface area (TPSA) is 69.7 Å². The molecule has 0 bridgehead atoms. The number of hydrogen-bond acceptors (Lipinski definition) is 3. The number of imide groups is 1. The van der Waals surface area contributed by atoms with E-state index >= 15 is 0 Å². The number of halogens is 3. The van der Waals surface area contributed by atoms with Crippen LogP contribution >= 0.6 is 0 Å². The van der Waals surface area contributed by atoms with Gasteiger partial charge in [0.05, 0.1) is 5.56 Å². The lowest BCUT2D eigenvalue weighted by Gasteiger charge is -2.24. The summed E-state index contributed by atoms with van der Waals surface area (Å²) in [4.78, 5) is 39.8. The second-order valence-corrected chi connectivity index (χ2v) is 6.81. The molecule has 0 saturated carbocycles. The monoisotopic (exact) mass is 405 g/mol. The van der Waals surface area contributed by atoms with Gasteiger partial charge >= 0.3 is 12.2 Å². The van der Waals surface area contributed by atoms with Crippen molar-refractivity contribution in [3.05, 3.63) is 65.7 Å². The third kappa shape index (κ3) is 3.80. The number of para-hydroxylation sites is 1. The first-order valence-electron chi connectivity index (χ1n) is 8.67. The van der Waals surface area contributed by atoms with E-state index in [0.717, 1.165) is 12.1 Å². The first kappa shape index (κ1) is 20.4. The molecule has 0 radical (unpaired) electrons. The Kier molecular flexibility index (Phi) is 5.08. The predicted molar refractivity (Wildman–Crippen MR) is 98.9 cm³/mol. The summed E-state index contributed by atoms with van der Waals surface area (Å²) in [5, 5.41) is 2.41. The average Bonchev–Trinajstić information content (AvgIpc) is 2.91. The normalized spacial score (nSPS) is 19.3. The summed E-state index contributed by atoms with van der Waals surface area (Å²) in [6.07, 6.45) is -4.59. The molecule has 4 amide bonds. The van der Waals surface area contributed by atoms with Crippen LogP contribution in [0.1, 0.15) is 18.1 Å². The van der Waals surface area contributed by atoms with Gasteiger partial charge in [-0.2, -0.15) is 13.2 Å². The Morgan fingerprint density at radius 2 is 1.76 bits per heavy atom. The van der Waals surface area contributed by atoms with Gasteiger partial charge in [0.1, 0.15) is 12.1 Å². The highest BCUT2D eigenvalue weighted by Gasteiger charge is 2.50. The number of hydrogen-bond donors (Lipinski definition) is 1. The molecule has 1 aliphatic heterocycles. The van der Waals surface area contributed by atoms with Gasteiger partial charge in [-0.3, -0.25) is 14.5 Å². The molecule has 1 saturated heterocycles. The fourth-order valence-electron chi connectivity index (χ4n) is 3.08. The van der Waals surface area contributed by atoms with Gasteiger partial charge in [0.25, 0.3) is 5.91 Å². The molecular weight excluding hydrogens is 387 g/mol. The SMILES string of the molecule is CN(C(=O)CN1C(=O)N[C@@](C)(c2cccc(C(F)(F)F)c2)C1=O)c1ccccc1. The van der Waals surface area contributed by atoms with Gasteiger partial charge in [0.2, 0.25) is 5.91 Å². The predicted octanol–water partition coefficient (Wildman–Crippen LogP) is 3.14. The second-order valence-electron chi connectivity index (χ2n) is 6.81. The van der Waals surface area contributed by atoms with Gasteiger partial charge in [-0.1, -0.05) is 30.3 Å². The number of anilines is 1. The minimum Gasteiger partial charge on any atom is -0.319 e. The number of urea groups is 1. The Labute approximate surface area is 164 Å². The fourth-order valence-corrected chi connectivity index (χ4v) is 3.08. The van der Waals surface area contributed by atoms with E-state index in [1.54, 1.807) is 30.3 Å². The largest absolute Gasteiger partial charge is 0.416 e. The molecule has 1 heterocycles. The zero-order chi connectivity index (χ0) is 21.4. The maximum atomic E-state index is 13.0. The van der Waals surface area contributed by atoms with Crippen molar-refractivity contribution < 1.29 is 27.6 Å². The number of likely N-dealkylation sites (N-methyl/N-ethyl adjacent to an activating group) is 1. The van der Waals surface area contributed by atoms with Crippen LogP contribution in [-0.2, 0) is 21.3 Å². The number of rotatable bonds is 4. The van der Waals surface area contributed by atoms with E-state index in [9.17, 15) is 27.6 Å². The molecule has 29 heavy (non-hydrogen) atoms. The highest BCUT2D eigenvalue weighted by molar-refractivity contribution is 6.10. The van der Waals surface area contributed by atoms with Crippen molar-refractivity contribution in [1.82, 2.24) is 10.2 Å². The van der Waals surface area contributed by atoms with Crippen LogP contribution in [0.4, 0.5) is 23.7 Å². The van der Waals surface area contributed by atoms with Crippen LogP contribution < -0.4 is 10.2 Å². The molecule has 2 aromatic rings. The maximum Gasteiger partial charge on any atom is 0.416 e. The first-order chi connectivity index (χ1) is 13.5. The Morgan fingerprint density at radius 3 is 2.38 bits per heavy atom. The number of amides is 4. The van der Waals surface area contributed by atoms with E-state index in [1.165, 1.54) is 31.0 Å². The Morgan fingerprint density at radius 1 is 1.10 bits per heavy atom.